The quantitative estimate of drug-likeness (QED) is 0.574. The highest BCUT2D eigenvalue weighted by molar-refractivity contribution is 7.89. The van der Waals surface area contributed by atoms with Gasteiger partial charge in [0, 0.05) is 31.1 Å². The number of aryl methyl sites for hydroxylation is 1. The highest BCUT2D eigenvalue weighted by Crippen LogP contribution is 2.28. The van der Waals surface area contributed by atoms with Crippen LogP contribution in [0.3, 0.4) is 0 Å². The largest absolute Gasteiger partial charge is 0.495 e. The van der Waals surface area contributed by atoms with E-state index in [0.29, 0.717) is 22.7 Å². The predicted molar refractivity (Wildman–Crippen MR) is 121 cm³/mol. The lowest BCUT2D eigenvalue weighted by Crippen LogP contribution is -2.40. The van der Waals surface area contributed by atoms with Gasteiger partial charge in [-0.3, -0.25) is 4.79 Å². The van der Waals surface area contributed by atoms with E-state index in [2.05, 4.69) is 4.99 Å². The third kappa shape index (κ3) is 4.27. The van der Waals surface area contributed by atoms with Crippen LogP contribution in [-0.4, -0.2) is 43.4 Å². The Kier molecular flexibility index (Phi) is 6.20. The van der Waals surface area contributed by atoms with Crippen molar-refractivity contribution in [3.63, 3.8) is 0 Å². The number of fused-ring (bicyclic) bond motifs is 1. The number of para-hydroxylation sites is 1. The van der Waals surface area contributed by atoms with Crippen LogP contribution in [0.4, 0.5) is 0 Å². The summed E-state index contributed by atoms with van der Waals surface area (Å²) in [5.74, 6) is 0.208. The molecule has 0 atom stereocenters. The van der Waals surface area contributed by atoms with Crippen molar-refractivity contribution in [1.82, 2.24) is 8.87 Å². The van der Waals surface area contributed by atoms with Crippen LogP contribution in [0.25, 0.3) is 10.2 Å². The van der Waals surface area contributed by atoms with E-state index < -0.39 is 10.0 Å². The molecule has 164 valence electrons. The molecule has 2 heterocycles. The zero-order chi connectivity index (χ0) is 22.2. The molecule has 0 spiro atoms. The minimum atomic E-state index is -3.60. The van der Waals surface area contributed by atoms with Gasteiger partial charge < -0.3 is 9.30 Å². The average molecular weight is 480 g/mol. The number of methoxy groups -OCH3 is 1. The summed E-state index contributed by atoms with van der Waals surface area (Å²) in [5, 5.41) is 0.483. The van der Waals surface area contributed by atoms with E-state index in [1.54, 1.807) is 19.2 Å². The Hall–Kier alpha value is -2.20. The number of carbonyl (C=O) groups excluding carboxylic acids is 1. The molecule has 1 aliphatic heterocycles. The number of halogens is 1. The molecule has 0 radical (unpaired) electrons. The number of amides is 1. The number of sulfonamides is 1. The van der Waals surface area contributed by atoms with E-state index in [-0.39, 0.29) is 29.8 Å². The summed E-state index contributed by atoms with van der Waals surface area (Å²) in [6.45, 7) is 0.562. The van der Waals surface area contributed by atoms with Gasteiger partial charge >= 0.3 is 0 Å². The first-order chi connectivity index (χ1) is 14.8. The Labute approximate surface area is 189 Å². The molecule has 7 nitrogen and oxygen atoms in total. The van der Waals surface area contributed by atoms with Crippen molar-refractivity contribution in [2.75, 3.05) is 20.2 Å². The third-order valence-corrected chi connectivity index (χ3v) is 8.73. The van der Waals surface area contributed by atoms with Gasteiger partial charge in [-0.1, -0.05) is 29.0 Å². The molecule has 1 amide bonds. The van der Waals surface area contributed by atoms with E-state index in [4.69, 9.17) is 16.3 Å². The van der Waals surface area contributed by atoms with Crippen LogP contribution in [0, 0.1) is 5.92 Å². The predicted octanol–water partition coefficient (Wildman–Crippen LogP) is 3.43. The summed E-state index contributed by atoms with van der Waals surface area (Å²) < 4.78 is 35.3. The Morgan fingerprint density at radius 2 is 1.84 bits per heavy atom. The summed E-state index contributed by atoms with van der Waals surface area (Å²) in [4.78, 5) is 18.0. The van der Waals surface area contributed by atoms with Gasteiger partial charge in [-0.25, -0.2) is 8.42 Å². The van der Waals surface area contributed by atoms with Crippen molar-refractivity contribution in [3.05, 3.63) is 52.3 Å². The van der Waals surface area contributed by atoms with Crippen molar-refractivity contribution in [2.24, 2.45) is 18.0 Å². The zero-order valence-electron chi connectivity index (χ0n) is 17.1. The smallest absolute Gasteiger partial charge is 0.251 e. The SMILES string of the molecule is COc1cccc2sc(=NC(=O)C3CCN(S(=O)(=O)c4ccc(Cl)cc4)CC3)n(C)c12. The second kappa shape index (κ2) is 8.74. The van der Waals surface area contributed by atoms with E-state index in [1.165, 1.54) is 27.8 Å². The summed E-state index contributed by atoms with van der Waals surface area (Å²) in [6, 6.07) is 11.9. The first-order valence-electron chi connectivity index (χ1n) is 9.78. The lowest BCUT2D eigenvalue weighted by Gasteiger charge is -2.29. The average Bonchev–Trinajstić information content (AvgIpc) is 3.09. The van der Waals surface area contributed by atoms with Gasteiger partial charge in [0.15, 0.2) is 4.80 Å². The van der Waals surface area contributed by atoms with Crippen LogP contribution in [0.5, 0.6) is 5.75 Å². The van der Waals surface area contributed by atoms with Gasteiger partial charge in [-0.05, 0) is 49.2 Å². The maximum Gasteiger partial charge on any atom is 0.251 e. The topological polar surface area (TPSA) is 81.0 Å². The van der Waals surface area contributed by atoms with Crippen LogP contribution in [0.1, 0.15) is 12.8 Å². The van der Waals surface area contributed by atoms with Crippen molar-refractivity contribution < 1.29 is 17.9 Å². The molecular weight excluding hydrogens is 458 g/mol. The minimum Gasteiger partial charge on any atom is -0.495 e. The van der Waals surface area contributed by atoms with E-state index >= 15 is 0 Å². The van der Waals surface area contributed by atoms with Gasteiger partial charge in [-0.15, -0.1) is 0 Å². The molecular formula is C21H22ClN3O4S2. The van der Waals surface area contributed by atoms with Crippen molar-refractivity contribution >= 4 is 49.1 Å². The Morgan fingerprint density at radius 3 is 2.48 bits per heavy atom. The van der Waals surface area contributed by atoms with E-state index in [1.807, 2.05) is 29.8 Å². The van der Waals surface area contributed by atoms with Crippen molar-refractivity contribution in [2.45, 2.75) is 17.7 Å². The van der Waals surface area contributed by atoms with Gasteiger partial charge in [0.2, 0.25) is 10.0 Å². The number of hydrogen-bond acceptors (Lipinski definition) is 5. The molecule has 0 aliphatic carbocycles. The highest BCUT2D eigenvalue weighted by Gasteiger charge is 2.32. The second-order valence-electron chi connectivity index (χ2n) is 7.33. The summed E-state index contributed by atoms with van der Waals surface area (Å²) >= 11 is 7.28. The highest BCUT2D eigenvalue weighted by atomic mass is 35.5. The minimum absolute atomic E-state index is 0.206. The number of carbonyl (C=O) groups is 1. The summed E-state index contributed by atoms with van der Waals surface area (Å²) in [7, 11) is -0.134. The fourth-order valence-corrected chi connectivity index (χ4v) is 6.36. The van der Waals surface area contributed by atoms with Gasteiger partial charge in [-0.2, -0.15) is 9.30 Å². The molecule has 0 saturated carbocycles. The zero-order valence-corrected chi connectivity index (χ0v) is 19.5. The number of aromatic nitrogens is 1. The number of hydrogen-bond donors (Lipinski definition) is 0. The van der Waals surface area contributed by atoms with Crippen LogP contribution in [0.15, 0.2) is 52.4 Å². The fourth-order valence-electron chi connectivity index (χ4n) is 3.72. The van der Waals surface area contributed by atoms with E-state index in [9.17, 15) is 13.2 Å². The van der Waals surface area contributed by atoms with E-state index in [0.717, 1.165) is 16.0 Å². The van der Waals surface area contributed by atoms with Crippen LogP contribution in [-0.2, 0) is 21.9 Å². The molecule has 10 heteroatoms. The van der Waals surface area contributed by atoms with Crippen LogP contribution < -0.4 is 9.54 Å². The van der Waals surface area contributed by atoms with Gasteiger partial charge in [0.25, 0.3) is 5.91 Å². The standard InChI is InChI=1S/C21H22ClN3O4S2/c1-24-19-17(29-2)4-3-5-18(19)30-21(24)23-20(26)14-10-12-25(13-11-14)31(27,28)16-8-6-15(22)7-9-16/h3-9,14H,10-13H2,1-2H3. The summed E-state index contributed by atoms with van der Waals surface area (Å²) in [5.41, 5.74) is 0.894. The molecule has 1 aliphatic rings. The molecule has 0 N–H and O–H groups in total. The molecule has 31 heavy (non-hydrogen) atoms. The molecule has 2 aromatic carbocycles. The number of ether oxygens (including phenoxy) is 1. The normalized spacial score (nSPS) is 16.7. The maximum absolute atomic E-state index is 12.8. The first kappa shape index (κ1) is 22.0. The van der Waals surface area contributed by atoms with Gasteiger partial charge in [0.05, 0.1) is 16.7 Å². The van der Waals surface area contributed by atoms with Crippen molar-refractivity contribution in [1.29, 1.82) is 0 Å². The molecule has 4 rings (SSSR count). The third-order valence-electron chi connectivity index (χ3n) is 5.47. The number of piperidine rings is 1. The van der Waals surface area contributed by atoms with Crippen LogP contribution in [0.2, 0.25) is 5.02 Å². The Balaban J connectivity index is 1.51. The molecule has 0 bridgehead atoms. The molecule has 1 fully saturated rings. The van der Waals surface area contributed by atoms with Crippen LogP contribution >= 0.6 is 22.9 Å². The lowest BCUT2D eigenvalue weighted by molar-refractivity contribution is -0.122. The first-order valence-corrected chi connectivity index (χ1v) is 12.4. The molecule has 1 saturated heterocycles. The number of thiazole rings is 1. The number of nitrogens with zero attached hydrogens (tertiary/aromatic N) is 3. The number of rotatable bonds is 4. The fraction of sp³-hybridized carbons (Fsp3) is 0.333. The summed E-state index contributed by atoms with van der Waals surface area (Å²) in [6.07, 6.45) is 0.875. The molecule has 1 aromatic heterocycles. The Morgan fingerprint density at radius 1 is 1.16 bits per heavy atom. The monoisotopic (exact) mass is 479 g/mol. The molecule has 0 unspecified atom stereocenters. The van der Waals surface area contributed by atoms with Gasteiger partial charge in [0.1, 0.15) is 11.3 Å². The maximum atomic E-state index is 12.8. The van der Waals surface area contributed by atoms with Crippen molar-refractivity contribution in [3.8, 4) is 5.75 Å². The Bertz CT molecular complexity index is 1290. The number of benzene rings is 2. The second-order valence-corrected chi connectivity index (χ2v) is 10.7. The lowest BCUT2D eigenvalue weighted by atomic mass is 9.98. The molecule has 3 aromatic rings.